The Bertz CT molecular complexity index is 1630. The molecule has 0 aromatic heterocycles. The molecule has 9 amide bonds. The van der Waals surface area contributed by atoms with Crippen LogP contribution < -0.4 is 59.7 Å². The van der Waals surface area contributed by atoms with E-state index in [0.717, 1.165) is 0 Å². The molecule has 0 aliphatic rings. The number of hydrogen-bond acceptors (Lipinski definition) is 14. The predicted octanol–water partition coefficient (Wildman–Crippen LogP) is -3.92. The van der Waals surface area contributed by atoms with E-state index in [4.69, 9.17) is 17.2 Å². The molecule has 24 heteroatoms. The lowest BCUT2D eigenvalue weighted by Gasteiger charge is -2.28. The third kappa shape index (κ3) is 23.6. The standard InChI is InChI=1S/C42H77N11O13/c1-21(2)15-27(46-33(57)18-44)37(60)49-28(16-22(3)4)38(61)52-30(19-54)39(62)47-25(11-9-10-14-43)35(58)51-31(20-55)40(63)53-34(24(7)8)41(64)48-26(12-13-32(45)56)36(59)50-29(42(65)66)17-23(5)6/h21-31,34,54-55H,9-20,43-44H2,1-8H3,(H2,45,56)(H,46,57)(H,47,62)(H,48,64)(H,49,60)(H,50,59)(H,51,58)(H,52,61)(H,53,63)(H,65,66)/t25-,26-,27-,28-,29-,30-,31-,34-/m0/s1. The van der Waals surface area contributed by atoms with E-state index in [1.807, 2.05) is 13.8 Å². The van der Waals surface area contributed by atoms with Crippen LogP contribution >= 0.6 is 0 Å². The van der Waals surface area contributed by atoms with Gasteiger partial charge >= 0.3 is 5.97 Å². The van der Waals surface area contributed by atoms with Crippen LogP contribution in [-0.4, -0.2) is 149 Å². The number of aliphatic carboxylic acids is 1. The Morgan fingerprint density at radius 1 is 0.455 bits per heavy atom. The van der Waals surface area contributed by atoms with Crippen molar-refractivity contribution >= 4 is 59.1 Å². The van der Waals surface area contributed by atoms with Gasteiger partial charge in [-0.1, -0.05) is 55.4 Å². The first-order chi connectivity index (χ1) is 30.8. The number of rotatable bonds is 33. The summed E-state index contributed by atoms with van der Waals surface area (Å²) < 4.78 is 0. The fraction of sp³-hybridized carbons (Fsp3) is 0.762. The van der Waals surface area contributed by atoms with Crippen LogP contribution in [0.15, 0.2) is 0 Å². The highest BCUT2D eigenvalue weighted by atomic mass is 16.4. The van der Waals surface area contributed by atoms with Crippen LogP contribution in [-0.2, 0) is 47.9 Å². The second-order valence-corrected chi connectivity index (χ2v) is 17.8. The molecule has 378 valence electrons. The van der Waals surface area contributed by atoms with Gasteiger partial charge in [0.2, 0.25) is 53.2 Å². The third-order valence-electron chi connectivity index (χ3n) is 9.98. The second kappa shape index (κ2) is 31.5. The van der Waals surface area contributed by atoms with Gasteiger partial charge in [0.05, 0.1) is 19.8 Å². The van der Waals surface area contributed by atoms with E-state index in [2.05, 4.69) is 42.5 Å². The van der Waals surface area contributed by atoms with Gasteiger partial charge in [-0.25, -0.2) is 4.79 Å². The maximum Gasteiger partial charge on any atom is 0.326 e. The molecule has 0 aromatic carbocycles. The van der Waals surface area contributed by atoms with E-state index in [1.54, 1.807) is 41.5 Å². The fourth-order valence-corrected chi connectivity index (χ4v) is 6.47. The largest absolute Gasteiger partial charge is 0.480 e. The summed E-state index contributed by atoms with van der Waals surface area (Å²) in [7, 11) is 0. The highest BCUT2D eigenvalue weighted by molar-refractivity contribution is 5.98. The van der Waals surface area contributed by atoms with Crippen LogP contribution in [0, 0.1) is 23.7 Å². The zero-order valence-corrected chi connectivity index (χ0v) is 39.6. The van der Waals surface area contributed by atoms with E-state index in [1.165, 1.54) is 0 Å². The lowest BCUT2D eigenvalue weighted by atomic mass is 9.99. The molecule has 0 aliphatic carbocycles. The van der Waals surface area contributed by atoms with Crippen molar-refractivity contribution < 1.29 is 63.3 Å². The number of hydrogen-bond donors (Lipinski definition) is 14. The van der Waals surface area contributed by atoms with Crippen molar-refractivity contribution in [3.63, 3.8) is 0 Å². The van der Waals surface area contributed by atoms with Gasteiger partial charge in [-0.05, 0) is 75.2 Å². The lowest BCUT2D eigenvalue weighted by molar-refractivity contribution is -0.143. The van der Waals surface area contributed by atoms with Crippen molar-refractivity contribution in [3.8, 4) is 0 Å². The van der Waals surface area contributed by atoms with Crippen LogP contribution in [0.1, 0.15) is 107 Å². The summed E-state index contributed by atoms with van der Waals surface area (Å²) in [6.45, 7) is 11.7. The van der Waals surface area contributed by atoms with Crippen molar-refractivity contribution in [3.05, 3.63) is 0 Å². The van der Waals surface area contributed by atoms with Crippen molar-refractivity contribution in [2.45, 2.75) is 155 Å². The number of aliphatic hydroxyl groups is 2. The monoisotopic (exact) mass is 944 g/mol. The first-order valence-corrected chi connectivity index (χ1v) is 22.4. The minimum Gasteiger partial charge on any atom is -0.480 e. The van der Waals surface area contributed by atoms with Crippen molar-refractivity contribution in [2.75, 3.05) is 26.3 Å². The van der Waals surface area contributed by atoms with E-state index in [9.17, 15) is 63.3 Å². The highest BCUT2D eigenvalue weighted by Gasteiger charge is 2.35. The highest BCUT2D eigenvalue weighted by Crippen LogP contribution is 2.12. The maximum absolute atomic E-state index is 13.7. The van der Waals surface area contributed by atoms with E-state index < -0.39 is 127 Å². The average Bonchev–Trinajstić information content (AvgIpc) is 3.22. The molecule has 0 unspecified atom stereocenters. The fourth-order valence-electron chi connectivity index (χ4n) is 6.47. The second-order valence-electron chi connectivity index (χ2n) is 17.8. The molecule has 0 saturated carbocycles. The Morgan fingerprint density at radius 3 is 1.23 bits per heavy atom. The number of amides is 9. The first kappa shape index (κ1) is 60.5. The quantitative estimate of drug-likeness (QED) is 0.0280. The molecule has 0 radical (unpaired) electrons. The number of carbonyl (C=O) groups is 10. The van der Waals surface area contributed by atoms with Gasteiger partial charge in [-0.3, -0.25) is 43.2 Å². The Labute approximate surface area is 386 Å². The van der Waals surface area contributed by atoms with Crippen molar-refractivity contribution in [2.24, 2.45) is 40.9 Å². The van der Waals surface area contributed by atoms with E-state index in [0.29, 0.717) is 6.42 Å². The molecule has 0 rings (SSSR count). The van der Waals surface area contributed by atoms with Gasteiger partial charge in [-0.2, -0.15) is 0 Å². The summed E-state index contributed by atoms with van der Waals surface area (Å²) in [5.74, 6) is -10.1. The predicted molar refractivity (Wildman–Crippen MR) is 241 cm³/mol. The molecular formula is C42H77N11O13. The van der Waals surface area contributed by atoms with Crippen LogP contribution in [0.2, 0.25) is 0 Å². The molecular weight excluding hydrogens is 867 g/mol. The van der Waals surface area contributed by atoms with Gasteiger partial charge in [0.1, 0.15) is 48.3 Å². The minimum absolute atomic E-state index is 0.0305. The Balaban J connectivity index is 6.26. The molecule has 0 spiro atoms. The summed E-state index contributed by atoms with van der Waals surface area (Å²) in [5.41, 5.74) is 16.3. The smallest absolute Gasteiger partial charge is 0.326 e. The molecule has 0 aromatic rings. The van der Waals surface area contributed by atoms with Crippen LogP contribution in [0.5, 0.6) is 0 Å². The van der Waals surface area contributed by atoms with Crippen LogP contribution in [0.25, 0.3) is 0 Å². The summed E-state index contributed by atoms with van der Waals surface area (Å²) >= 11 is 0. The number of carboxylic acid groups (broad SMARTS) is 1. The normalized spacial score (nSPS) is 15.0. The maximum atomic E-state index is 13.7. The van der Waals surface area contributed by atoms with Crippen LogP contribution in [0.4, 0.5) is 0 Å². The summed E-state index contributed by atoms with van der Waals surface area (Å²) in [5, 5.41) is 49.6. The molecule has 17 N–H and O–H groups in total. The van der Waals surface area contributed by atoms with E-state index in [-0.39, 0.29) is 75.8 Å². The van der Waals surface area contributed by atoms with Gasteiger partial charge in [0.25, 0.3) is 0 Å². The number of aliphatic hydroxyl groups excluding tert-OH is 2. The zero-order valence-electron chi connectivity index (χ0n) is 39.6. The zero-order chi connectivity index (χ0) is 50.8. The number of carbonyl (C=O) groups excluding carboxylic acids is 9. The third-order valence-corrected chi connectivity index (χ3v) is 9.98. The number of nitrogens with one attached hydrogen (secondary N) is 8. The molecule has 0 saturated heterocycles. The molecule has 0 bridgehead atoms. The first-order valence-electron chi connectivity index (χ1n) is 22.4. The summed E-state index contributed by atoms with van der Waals surface area (Å²) in [6, 6.07) is -11.2. The number of nitrogens with two attached hydrogens (primary N) is 3. The molecule has 66 heavy (non-hydrogen) atoms. The number of unbranched alkanes of at least 4 members (excludes halogenated alkanes) is 1. The topological polar surface area (TPSA) is 406 Å². The molecule has 0 aliphatic heterocycles. The molecule has 0 fully saturated rings. The van der Waals surface area contributed by atoms with Gasteiger partial charge in [-0.15, -0.1) is 0 Å². The average molecular weight is 944 g/mol. The van der Waals surface area contributed by atoms with E-state index >= 15 is 0 Å². The molecule has 24 nitrogen and oxygen atoms in total. The van der Waals surface area contributed by atoms with Gasteiger partial charge < -0.3 is 75.1 Å². The number of carboxylic acids is 1. The lowest BCUT2D eigenvalue weighted by Crippen LogP contribution is -2.61. The van der Waals surface area contributed by atoms with Crippen LogP contribution in [0.3, 0.4) is 0 Å². The molecule has 8 atom stereocenters. The minimum atomic E-state index is -1.70. The SMILES string of the molecule is CC(C)C[C@H](NC(=O)[C@H](CCC(N)=O)NC(=O)[C@@H](NC(=O)[C@H](CO)NC(=O)[C@H](CCCCN)NC(=O)[C@H](CO)NC(=O)[C@H](CC(C)C)NC(=O)[C@H](CC(C)C)NC(=O)CN)C(C)C)C(=O)O. The molecule has 0 heterocycles. The van der Waals surface area contributed by atoms with Gasteiger partial charge in [0.15, 0.2) is 0 Å². The number of primary amides is 1. The van der Waals surface area contributed by atoms with Gasteiger partial charge in [0, 0.05) is 6.42 Å². The van der Waals surface area contributed by atoms with Crippen molar-refractivity contribution in [1.29, 1.82) is 0 Å². The van der Waals surface area contributed by atoms with Crippen molar-refractivity contribution in [1.82, 2.24) is 42.5 Å². The summed E-state index contributed by atoms with van der Waals surface area (Å²) in [4.78, 5) is 130. The Kier molecular flexibility index (Phi) is 28.9. The summed E-state index contributed by atoms with van der Waals surface area (Å²) in [6.07, 6.45) is 0.357. The Morgan fingerprint density at radius 2 is 0.818 bits per heavy atom. The Hall–Kier alpha value is -5.46.